The van der Waals surface area contributed by atoms with Crippen molar-refractivity contribution in [3.63, 3.8) is 0 Å². The Kier molecular flexibility index (Phi) is 7.59. The van der Waals surface area contributed by atoms with Crippen LogP contribution in [0.4, 0.5) is 0 Å². The minimum Gasteiger partial charge on any atom is -0.465 e. The van der Waals surface area contributed by atoms with Gasteiger partial charge in [0.25, 0.3) is 0 Å². The zero-order chi connectivity index (χ0) is 14.3. The standard InChI is InChI=1S/C13H26N2O3/c1-6-18-12(16)8-15(10(4)5)13(17)11(7-14)9(2)3/h9-11H,6-8,14H2,1-5H3. The van der Waals surface area contributed by atoms with Gasteiger partial charge in [0.1, 0.15) is 6.54 Å². The maximum Gasteiger partial charge on any atom is 0.325 e. The molecule has 106 valence electrons. The normalized spacial score (nSPS) is 12.7. The van der Waals surface area contributed by atoms with Crippen molar-refractivity contribution in [2.45, 2.75) is 40.7 Å². The molecule has 0 aliphatic carbocycles. The van der Waals surface area contributed by atoms with E-state index >= 15 is 0 Å². The van der Waals surface area contributed by atoms with Crippen LogP contribution in [0.1, 0.15) is 34.6 Å². The minimum absolute atomic E-state index is 0.00639. The Morgan fingerprint density at radius 3 is 2.11 bits per heavy atom. The summed E-state index contributed by atoms with van der Waals surface area (Å²) in [6, 6.07) is -0.0466. The van der Waals surface area contributed by atoms with E-state index in [1.54, 1.807) is 6.92 Å². The second kappa shape index (κ2) is 8.08. The van der Waals surface area contributed by atoms with Gasteiger partial charge in [0, 0.05) is 12.6 Å². The van der Waals surface area contributed by atoms with Gasteiger partial charge in [-0.15, -0.1) is 0 Å². The van der Waals surface area contributed by atoms with Crippen molar-refractivity contribution in [2.75, 3.05) is 19.7 Å². The molecule has 0 radical (unpaired) electrons. The number of rotatable bonds is 7. The van der Waals surface area contributed by atoms with Crippen LogP contribution in [-0.2, 0) is 14.3 Å². The third kappa shape index (κ3) is 5.04. The summed E-state index contributed by atoms with van der Waals surface area (Å²) in [5.74, 6) is -0.539. The molecular weight excluding hydrogens is 232 g/mol. The number of carbonyl (C=O) groups excluding carboxylic acids is 2. The van der Waals surface area contributed by atoms with Crippen LogP contribution in [0.3, 0.4) is 0 Å². The number of hydrogen-bond acceptors (Lipinski definition) is 4. The summed E-state index contributed by atoms with van der Waals surface area (Å²) in [5, 5.41) is 0. The second-order valence-electron chi connectivity index (χ2n) is 4.95. The van der Waals surface area contributed by atoms with Crippen LogP contribution in [-0.4, -0.2) is 42.5 Å². The van der Waals surface area contributed by atoms with Gasteiger partial charge >= 0.3 is 5.97 Å². The van der Waals surface area contributed by atoms with E-state index in [9.17, 15) is 9.59 Å². The molecule has 0 fully saturated rings. The Balaban J connectivity index is 4.78. The lowest BCUT2D eigenvalue weighted by Crippen LogP contribution is -2.47. The van der Waals surface area contributed by atoms with E-state index in [-0.39, 0.29) is 36.3 Å². The highest BCUT2D eigenvalue weighted by Gasteiger charge is 2.29. The first kappa shape index (κ1) is 16.9. The van der Waals surface area contributed by atoms with Crippen LogP contribution in [0.5, 0.6) is 0 Å². The monoisotopic (exact) mass is 258 g/mol. The van der Waals surface area contributed by atoms with Gasteiger partial charge in [-0.3, -0.25) is 9.59 Å². The first-order valence-electron chi connectivity index (χ1n) is 6.51. The Morgan fingerprint density at radius 2 is 1.78 bits per heavy atom. The van der Waals surface area contributed by atoms with Crippen molar-refractivity contribution in [3.05, 3.63) is 0 Å². The zero-order valence-electron chi connectivity index (χ0n) is 12.1. The van der Waals surface area contributed by atoms with Gasteiger partial charge in [-0.25, -0.2) is 0 Å². The van der Waals surface area contributed by atoms with Crippen molar-refractivity contribution in [3.8, 4) is 0 Å². The van der Waals surface area contributed by atoms with Crippen LogP contribution in [0.15, 0.2) is 0 Å². The van der Waals surface area contributed by atoms with Gasteiger partial charge in [0.05, 0.1) is 12.5 Å². The van der Waals surface area contributed by atoms with Crippen molar-refractivity contribution in [1.82, 2.24) is 4.90 Å². The highest BCUT2D eigenvalue weighted by atomic mass is 16.5. The number of amides is 1. The summed E-state index contributed by atoms with van der Waals surface area (Å²) in [6.45, 7) is 10.0. The van der Waals surface area contributed by atoms with Crippen molar-refractivity contribution in [1.29, 1.82) is 0 Å². The average molecular weight is 258 g/mol. The van der Waals surface area contributed by atoms with Gasteiger partial charge in [0.2, 0.25) is 5.91 Å². The van der Waals surface area contributed by atoms with Crippen molar-refractivity contribution < 1.29 is 14.3 Å². The Hall–Kier alpha value is -1.10. The topological polar surface area (TPSA) is 72.6 Å². The molecule has 0 bridgehead atoms. The molecule has 1 amide bonds. The molecule has 2 N–H and O–H groups in total. The van der Waals surface area contributed by atoms with Crippen LogP contribution in [0, 0.1) is 11.8 Å². The van der Waals surface area contributed by atoms with Crippen LogP contribution in [0.2, 0.25) is 0 Å². The zero-order valence-corrected chi connectivity index (χ0v) is 12.1. The maximum absolute atomic E-state index is 12.3. The third-order valence-corrected chi connectivity index (χ3v) is 2.89. The van der Waals surface area contributed by atoms with Crippen molar-refractivity contribution in [2.24, 2.45) is 17.6 Å². The number of hydrogen-bond donors (Lipinski definition) is 1. The van der Waals surface area contributed by atoms with Gasteiger partial charge < -0.3 is 15.4 Å². The number of nitrogens with two attached hydrogens (primary N) is 1. The van der Waals surface area contributed by atoms with E-state index in [0.29, 0.717) is 13.2 Å². The fraction of sp³-hybridized carbons (Fsp3) is 0.846. The van der Waals surface area contributed by atoms with E-state index in [1.165, 1.54) is 4.90 Å². The SMILES string of the molecule is CCOC(=O)CN(C(=O)C(CN)C(C)C)C(C)C. The van der Waals surface area contributed by atoms with E-state index in [0.717, 1.165) is 0 Å². The first-order chi connectivity index (χ1) is 8.34. The molecule has 0 saturated heterocycles. The molecule has 0 aromatic heterocycles. The molecule has 0 spiro atoms. The van der Waals surface area contributed by atoms with Gasteiger partial charge in [-0.2, -0.15) is 0 Å². The lowest BCUT2D eigenvalue weighted by molar-refractivity contribution is -0.152. The van der Waals surface area contributed by atoms with E-state index < -0.39 is 0 Å². The summed E-state index contributed by atoms with van der Waals surface area (Å²) in [6.07, 6.45) is 0. The van der Waals surface area contributed by atoms with Gasteiger partial charge in [-0.05, 0) is 26.7 Å². The maximum atomic E-state index is 12.3. The molecule has 1 unspecified atom stereocenters. The lowest BCUT2D eigenvalue weighted by atomic mass is 9.94. The van der Waals surface area contributed by atoms with E-state index in [2.05, 4.69) is 0 Å². The van der Waals surface area contributed by atoms with E-state index in [4.69, 9.17) is 10.5 Å². The fourth-order valence-electron chi connectivity index (χ4n) is 1.73. The molecule has 5 heteroatoms. The summed E-state index contributed by atoms with van der Waals surface area (Å²) in [4.78, 5) is 25.4. The molecular formula is C13H26N2O3. The molecule has 0 aliphatic rings. The molecule has 18 heavy (non-hydrogen) atoms. The number of esters is 1. The summed E-state index contributed by atoms with van der Waals surface area (Å²) >= 11 is 0. The quantitative estimate of drug-likeness (QED) is 0.692. The van der Waals surface area contributed by atoms with Crippen LogP contribution >= 0.6 is 0 Å². The first-order valence-corrected chi connectivity index (χ1v) is 6.51. The average Bonchev–Trinajstić information content (AvgIpc) is 2.26. The van der Waals surface area contributed by atoms with Crippen LogP contribution in [0.25, 0.3) is 0 Å². The molecule has 0 aliphatic heterocycles. The molecule has 0 aromatic carbocycles. The summed E-state index contributed by atoms with van der Waals surface area (Å²) in [5.41, 5.74) is 5.64. The molecule has 1 atom stereocenters. The number of nitrogens with zero attached hydrogens (tertiary/aromatic N) is 1. The largest absolute Gasteiger partial charge is 0.465 e. The summed E-state index contributed by atoms with van der Waals surface area (Å²) in [7, 11) is 0. The number of carbonyl (C=O) groups is 2. The minimum atomic E-state index is -0.376. The predicted molar refractivity (Wildman–Crippen MR) is 70.9 cm³/mol. The second-order valence-corrected chi connectivity index (χ2v) is 4.95. The van der Waals surface area contributed by atoms with Crippen molar-refractivity contribution >= 4 is 11.9 Å². The van der Waals surface area contributed by atoms with Crippen LogP contribution < -0.4 is 5.73 Å². The Labute approximate surface area is 110 Å². The van der Waals surface area contributed by atoms with Gasteiger partial charge in [-0.1, -0.05) is 13.8 Å². The predicted octanol–water partition coefficient (Wildman–Crippen LogP) is 1.02. The smallest absolute Gasteiger partial charge is 0.325 e. The Morgan fingerprint density at radius 1 is 1.22 bits per heavy atom. The molecule has 0 rings (SSSR count). The third-order valence-electron chi connectivity index (χ3n) is 2.89. The highest BCUT2D eigenvalue weighted by Crippen LogP contribution is 2.15. The lowest BCUT2D eigenvalue weighted by Gasteiger charge is -2.30. The van der Waals surface area contributed by atoms with Gasteiger partial charge in [0.15, 0.2) is 0 Å². The fourth-order valence-corrected chi connectivity index (χ4v) is 1.73. The molecule has 0 heterocycles. The molecule has 0 aromatic rings. The highest BCUT2D eigenvalue weighted by molar-refractivity contribution is 5.84. The molecule has 0 saturated carbocycles. The van der Waals surface area contributed by atoms with E-state index in [1.807, 2.05) is 27.7 Å². The molecule has 5 nitrogen and oxygen atoms in total. The summed E-state index contributed by atoms with van der Waals surface area (Å²) < 4.78 is 4.88. The Bertz CT molecular complexity index is 277. The number of ether oxygens (including phenoxy) is 1.